The summed E-state index contributed by atoms with van der Waals surface area (Å²) in [4.78, 5) is 2.78. The van der Waals surface area contributed by atoms with E-state index in [1.807, 2.05) is 0 Å². The van der Waals surface area contributed by atoms with Gasteiger partial charge >= 0.3 is 0 Å². The summed E-state index contributed by atoms with van der Waals surface area (Å²) in [6.07, 6.45) is 4.26. The second-order valence-electron chi connectivity index (χ2n) is 5.76. The van der Waals surface area contributed by atoms with Crippen LogP contribution < -0.4 is 0 Å². The maximum Gasteiger partial charge on any atom is 0.0603 e. The minimum Gasteiger partial charge on any atom is -0.379 e. The van der Waals surface area contributed by atoms with Crippen LogP contribution in [-0.4, -0.2) is 58.9 Å². The Labute approximate surface area is 109 Å². The third-order valence-electron chi connectivity index (χ3n) is 4.38. The van der Waals surface area contributed by atoms with E-state index in [-0.39, 0.29) is 0 Å². The summed E-state index contributed by atoms with van der Waals surface area (Å²) >= 11 is 2.12. The van der Waals surface area contributed by atoms with Crippen molar-refractivity contribution in [3.8, 4) is 0 Å². The summed E-state index contributed by atoms with van der Waals surface area (Å²) in [7, 11) is 0. The van der Waals surface area contributed by atoms with Crippen LogP contribution in [0.3, 0.4) is 0 Å². The summed E-state index contributed by atoms with van der Waals surface area (Å²) in [5.74, 6) is 0. The summed E-state index contributed by atoms with van der Waals surface area (Å²) < 4.78 is 7.96. The quantitative estimate of drug-likeness (QED) is 0.717. The number of fused-ring (bicyclic) bond motifs is 2. The molecule has 0 amide bonds. The standard InChI is InChI=1S/C13H24N2OS/c1-10(2)15-11-3-4-12(15)13(9-11)17-14-5-7-16-8-6-14/h10-13H,3-9H2,1-2H3. The van der Waals surface area contributed by atoms with Gasteiger partial charge in [0.05, 0.1) is 13.2 Å². The highest BCUT2D eigenvalue weighted by atomic mass is 32.2. The molecule has 4 heteroatoms. The van der Waals surface area contributed by atoms with Gasteiger partial charge in [0.2, 0.25) is 0 Å². The Morgan fingerprint density at radius 2 is 1.94 bits per heavy atom. The Hall–Kier alpha value is 0.230. The first-order chi connectivity index (χ1) is 8.25. The molecule has 3 rings (SSSR count). The molecule has 3 aliphatic heterocycles. The zero-order valence-electron chi connectivity index (χ0n) is 11.0. The van der Waals surface area contributed by atoms with Crippen LogP contribution in [0.25, 0.3) is 0 Å². The molecule has 0 aromatic carbocycles. The van der Waals surface area contributed by atoms with Gasteiger partial charge in [-0.3, -0.25) is 4.90 Å². The third-order valence-corrected chi connectivity index (χ3v) is 5.83. The molecule has 3 atom stereocenters. The van der Waals surface area contributed by atoms with E-state index in [1.165, 1.54) is 19.3 Å². The molecule has 17 heavy (non-hydrogen) atoms. The van der Waals surface area contributed by atoms with Gasteiger partial charge in [0, 0.05) is 36.5 Å². The second-order valence-corrected chi connectivity index (χ2v) is 7.09. The fourth-order valence-electron chi connectivity index (χ4n) is 3.74. The Balaban J connectivity index is 1.58. The normalized spacial score (nSPS) is 39.4. The van der Waals surface area contributed by atoms with Gasteiger partial charge in [0.25, 0.3) is 0 Å². The molecule has 0 aromatic rings. The lowest BCUT2D eigenvalue weighted by molar-refractivity contribution is 0.0769. The molecule has 0 spiro atoms. The smallest absolute Gasteiger partial charge is 0.0603 e. The number of hydrogen-bond donors (Lipinski definition) is 0. The average Bonchev–Trinajstić information content (AvgIpc) is 2.87. The van der Waals surface area contributed by atoms with Crippen molar-refractivity contribution in [3.63, 3.8) is 0 Å². The summed E-state index contributed by atoms with van der Waals surface area (Å²) in [5, 5.41) is 0.842. The fourth-order valence-corrected chi connectivity index (χ4v) is 5.20. The van der Waals surface area contributed by atoms with Crippen LogP contribution in [0.5, 0.6) is 0 Å². The summed E-state index contributed by atoms with van der Waals surface area (Å²) in [6.45, 7) is 8.77. The summed E-state index contributed by atoms with van der Waals surface area (Å²) in [5.41, 5.74) is 0. The number of morpholine rings is 1. The SMILES string of the molecule is CC(C)N1C2CCC1C(SN1CCOCC1)C2. The summed E-state index contributed by atoms with van der Waals surface area (Å²) in [6, 6.07) is 2.44. The van der Waals surface area contributed by atoms with Gasteiger partial charge < -0.3 is 4.74 Å². The minimum atomic E-state index is 0.725. The maximum absolute atomic E-state index is 5.42. The lowest BCUT2D eigenvalue weighted by Gasteiger charge is -2.32. The van der Waals surface area contributed by atoms with Gasteiger partial charge in [-0.25, -0.2) is 4.31 Å². The van der Waals surface area contributed by atoms with Crippen LogP contribution in [0.2, 0.25) is 0 Å². The lowest BCUT2D eigenvalue weighted by Crippen LogP contribution is -2.39. The van der Waals surface area contributed by atoms with Gasteiger partial charge in [0.1, 0.15) is 0 Å². The van der Waals surface area contributed by atoms with Gasteiger partial charge in [-0.05, 0) is 33.1 Å². The Kier molecular flexibility index (Phi) is 3.67. The first-order valence-corrected chi connectivity index (χ1v) is 7.86. The molecule has 0 radical (unpaired) electrons. The third kappa shape index (κ3) is 2.37. The molecule has 3 aliphatic rings. The Morgan fingerprint density at radius 1 is 1.18 bits per heavy atom. The number of rotatable bonds is 3. The van der Waals surface area contributed by atoms with Gasteiger partial charge in [0.15, 0.2) is 0 Å². The predicted octanol–water partition coefficient (Wildman–Crippen LogP) is 1.98. The van der Waals surface area contributed by atoms with E-state index < -0.39 is 0 Å². The van der Waals surface area contributed by atoms with E-state index in [0.29, 0.717) is 0 Å². The van der Waals surface area contributed by atoms with Crippen molar-refractivity contribution in [2.45, 2.75) is 56.5 Å². The second kappa shape index (κ2) is 5.08. The van der Waals surface area contributed by atoms with Crippen LogP contribution in [0, 0.1) is 0 Å². The molecule has 0 aliphatic carbocycles. The first-order valence-electron chi connectivity index (χ1n) is 7.02. The molecule has 3 unspecified atom stereocenters. The molecule has 0 N–H and O–H groups in total. The van der Waals surface area contributed by atoms with Gasteiger partial charge in [-0.1, -0.05) is 11.9 Å². The fraction of sp³-hybridized carbons (Fsp3) is 1.00. The van der Waals surface area contributed by atoms with Crippen LogP contribution in [-0.2, 0) is 4.74 Å². The number of hydrogen-bond acceptors (Lipinski definition) is 4. The molecule has 3 nitrogen and oxygen atoms in total. The largest absolute Gasteiger partial charge is 0.379 e. The van der Waals surface area contributed by atoms with Crippen LogP contribution in [0.1, 0.15) is 33.1 Å². The minimum absolute atomic E-state index is 0.725. The molecular weight excluding hydrogens is 232 g/mol. The van der Waals surface area contributed by atoms with Crippen LogP contribution in [0.15, 0.2) is 0 Å². The van der Waals surface area contributed by atoms with Crippen molar-refractivity contribution >= 4 is 11.9 Å². The molecule has 3 fully saturated rings. The Bertz CT molecular complexity index is 268. The molecule has 0 saturated carbocycles. The number of nitrogens with zero attached hydrogens (tertiary/aromatic N) is 2. The molecule has 98 valence electrons. The maximum atomic E-state index is 5.42. The molecule has 0 aromatic heterocycles. The van der Waals surface area contributed by atoms with E-state index >= 15 is 0 Å². The van der Waals surface area contributed by atoms with Crippen molar-refractivity contribution in [3.05, 3.63) is 0 Å². The zero-order valence-corrected chi connectivity index (χ0v) is 11.8. The average molecular weight is 256 g/mol. The van der Waals surface area contributed by atoms with Gasteiger partial charge in [-0.2, -0.15) is 0 Å². The van der Waals surface area contributed by atoms with Gasteiger partial charge in [-0.15, -0.1) is 0 Å². The van der Waals surface area contributed by atoms with Crippen molar-refractivity contribution in [1.29, 1.82) is 0 Å². The predicted molar refractivity (Wildman–Crippen MR) is 72.2 cm³/mol. The van der Waals surface area contributed by atoms with Crippen LogP contribution >= 0.6 is 11.9 Å². The molecular formula is C13H24N2OS. The molecule has 3 saturated heterocycles. The van der Waals surface area contributed by atoms with E-state index in [0.717, 1.165) is 49.7 Å². The topological polar surface area (TPSA) is 15.7 Å². The zero-order chi connectivity index (χ0) is 11.8. The van der Waals surface area contributed by atoms with Crippen molar-refractivity contribution < 1.29 is 4.74 Å². The Morgan fingerprint density at radius 3 is 2.59 bits per heavy atom. The van der Waals surface area contributed by atoms with Crippen molar-refractivity contribution in [2.24, 2.45) is 0 Å². The highest BCUT2D eigenvalue weighted by Gasteiger charge is 2.47. The van der Waals surface area contributed by atoms with E-state index in [4.69, 9.17) is 4.74 Å². The van der Waals surface area contributed by atoms with E-state index in [9.17, 15) is 0 Å². The number of ether oxygens (including phenoxy) is 1. The van der Waals surface area contributed by atoms with Crippen LogP contribution in [0.4, 0.5) is 0 Å². The lowest BCUT2D eigenvalue weighted by atomic mass is 10.0. The van der Waals surface area contributed by atoms with Crippen molar-refractivity contribution in [2.75, 3.05) is 26.3 Å². The molecule has 2 bridgehead atoms. The van der Waals surface area contributed by atoms with Crippen molar-refractivity contribution in [1.82, 2.24) is 9.21 Å². The molecule has 3 heterocycles. The highest BCUT2D eigenvalue weighted by Crippen LogP contribution is 2.45. The monoisotopic (exact) mass is 256 g/mol. The van der Waals surface area contributed by atoms with E-state index in [2.05, 4.69) is 35.0 Å². The highest BCUT2D eigenvalue weighted by molar-refractivity contribution is 7.97. The van der Waals surface area contributed by atoms with E-state index in [1.54, 1.807) is 0 Å². The first kappa shape index (κ1) is 12.3.